The van der Waals surface area contributed by atoms with Crippen LogP contribution in [-0.2, 0) is 0 Å². The van der Waals surface area contributed by atoms with Gasteiger partial charge < -0.3 is 11.1 Å². The largest absolute Gasteiger partial charge is 0.399 e. The first-order valence-corrected chi connectivity index (χ1v) is 6.33. The van der Waals surface area contributed by atoms with Crippen LogP contribution in [0.5, 0.6) is 0 Å². The maximum Gasteiger partial charge on any atom is 0.255 e. The van der Waals surface area contributed by atoms with E-state index in [1.165, 1.54) is 5.56 Å². The van der Waals surface area contributed by atoms with Gasteiger partial charge >= 0.3 is 0 Å². The van der Waals surface area contributed by atoms with Crippen LogP contribution in [0.3, 0.4) is 0 Å². The third-order valence-electron chi connectivity index (χ3n) is 3.01. The summed E-state index contributed by atoms with van der Waals surface area (Å²) in [5.74, 6) is 0.360. The van der Waals surface area contributed by atoms with Gasteiger partial charge in [0.15, 0.2) is 0 Å². The molecular weight excluding hydrogens is 236 g/mol. The zero-order valence-corrected chi connectivity index (χ0v) is 11.2. The number of nitrogens with two attached hydrogens (primary N) is 1. The van der Waals surface area contributed by atoms with E-state index in [-0.39, 0.29) is 5.91 Å². The van der Waals surface area contributed by atoms with Gasteiger partial charge in [0.05, 0.1) is 0 Å². The van der Waals surface area contributed by atoms with E-state index < -0.39 is 0 Å². The molecule has 0 saturated carbocycles. The van der Waals surface area contributed by atoms with Crippen molar-refractivity contribution in [3.63, 3.8) is 0 Å². The number of hydrogen-bond donors (Lipinski definition) is 2. The number of hydrogen-bond acceptors (Lipinski definition) is 2. The molecule has 19 heavy (non-hydrogen) atoms. The van der Waals surface area contributed by atoms with Gasteiger partial charge in [-0.15, -0.1) is 0 Å². The van der Waals surface area contributed by atoms with Crippen LogP contribution in [0.15, 0.2) is 48.5 Å². The molecule has 0 unspecified atom stereocenters. The molecule has 2 rings (SSSR count). The molecule has 98 valence electrons. The Kier molecular flexibility index (Phi) is 3.85. The number of carbonyl (C=O) groups excluding carboxylic acids is 1. The summed E-state index contributed by atoms with van der Waals surface area (Å²) in [5.41, 5.74) is 8.90. The second kappa shape index (κ2) is 5.57. The van der Waals surface area contributed by atoms with Crippen molar-refractivity contribution in [2.45, 2.75) is 19.8 Å². The molecule has 0 aromatic heterocycles. The van der Waals surface area contributed by atoms with E-state index in [0.29, 0.717) is 17.2 Å². The zero-order chi connectivity index (χ0) is 13.8. The fraction of sp³-hybridized carbons (Fsp3) is 0.188. The third kappa shape index (κ3) is 3.35. The summed E-state index contributed by atoms with van der Waals surface area (Å²) in [6.07, 6.45) is 0. The van der Waals surface area contributed by atoms with Gasteiger partial charge in [0.2, 0.25) is 0 Å². The van der Waals surface area contributed by atoms with E-state index >= 15 is 0 Å². The molecule has 3 N–H and O–H groups in total. The first-order chi connectivity index (χ1) is 9.06. The van der Waals surface area contributed by atoms with E-state index in [9.17, 15) is 4.79 Å². The summed E-state index contributed by atoms with van der Waals surface area (Å²) < 4.78 is 0. The molecule has 0 saturated heterocycles. The SMILES string of the molecule is CC(C)c1ccc(NC(=O)c2ccc(N)cc2)cc1. The van der Waals surface area contributed by atoms with Crippen LogP contribution >= 0.6 is 0 Å². The predicted molar refractivity (Wildman–Crippen MR) is 79.3 cm³/mol. The van der Waals surface area contributed by atoms with E-state index in [1.807, 2.05) is 24.3 Å². The zero-order valence-electron chi connectivity index (χ0n) is 11.2. The molecular formula is C16H18N2O. The first-order valence-electron chi connectivity index (χ1n) is 6.33. The van der Waals surface area contributed by atoms with Crippen molar-refractivity contribution in [3.8, 4) is 0 Å². The first kappa shape index (κ1) is 13.1. The van der Waals surface area contributed by atoms with Crippen molar-refractivity contribution in [2.75, 3.05) is 11.1 Å². The number of amides is 1. The van der Waals surface area contributed by atoms with Crippen molar-refractivity contribution in [2.24, 2.45) is 0 Å². The number of anilines is 2. The molecule has 0 aliphatic rings. The van der Waals surface area contributed by atoms with Crippen molar-refractivity contribution in [1.29, 1.82) is 0 Å². The van der Waals surface area contributed by atoms with Gasteiger partial charge in [-0.25, -0.2) is 0 Å². The fourth-order valence-electron chi connectivity index (χ4n) is 1.79. The van der Waals surface area contributed by atoms with E-state index in [1.54, 1.807) is 24.3 Å². The Bertz CT molecular complexity index is 556. The Morgan fingerprint density at radius 1 is 1.00 bits per heavy atom. The van der Waals surface area contributed by atoms with Crippen LogP contribution in [0.4, 0.5) is 11.4 Å². The summed E-state index contributed by atoms with van der Waals surface area (Å²) in [4.78, 5) is 12.0. The van der Waals surface area contributed by atoms with Crippen LogP contribution in [0.25, 0.3) is 0 Å². The molecule has 2 aromatic rings. The quantitative estimate of drug-likeness (QED) is 0.821. The highest BCUT2D eigenvalue weighted by molar-refractivity contribution is 6.04. The number of benzene rings is 2. The molecule has 0 spiro atoms. The Balaban J connectivity index is 2.08. The normalized spacial score (nSPS) is 10.5. The molecule has 0 fully saturated rings. The molecule has 0 heterocycles. The van der Waals surface area contributed by atoms with Crippen LogP contribution in [0, 0.1) is 0 Å². The fourth-order valence-corrected chi connectivity index (χ4v) is 1.79. The molecule has 0 atom stereocenters. The van der Waals surface area contributed by atoms with E-state index in [0.717, 1.165) is 5.69 Å². The summed E-state index contributed by atoms with van der Waals surface area (Å²) in [5, 5.41) is 2.86. The van der Waals surface area contributed by atoms with Gasteiger partial charge in [-0.3, -0.25) is 4.79 Å². The van der Waals surface area contributed by atoms with E-state index in [4.69, 9.17) is 5.73 Å². The maximum absolute atomic E-state index is 12.0. The summed E-state index contributed by atoms with van der Waals surface area (Å²) >= 11 is 0. The highest BCUT2D eigenvalue weighted by Crippen LogP contribution is 2.17. The van der Waals surface area contributed by atoms with Gasteiger partial charge in [0.1, 0.15) is 0 Å². The Labute approximate surface area is 113 Å². The number of carbonyl (C=O) groups is 1. The summed E-state index contributed by atoms with van der Waals surface area (Å²) in [6.45, 7) is 4.28. The van der Waals surface area contributed by atoms with Crippen LogP contribution in [0.1, 0.15) is 35.7 Å². The number of nitrogens with one attached hydrogen (secondary N) is 1. The molecule has 1 amide bonds. The Hall–Kier alpha value is -2.29. The minimum absolute atomic E-state index is 0.128. The van der Waals surface area contributed by atoms with Gasteiger partial charge in [-0.2, -0.15) is 0 Å². The molecule has 0 radical (unpaired) electrons. The summed E-state index contributed by atoms with van der Waals surface area (Å²) in [7, 11) is 0. The molecule has 3 nitrogen and oxygen atoms in total. The molecule has 0 bridgehead atoms. The average molecular weight is 254 g/mol. The molecule has 0 aliphatic carbocycles. The van der Waals surface area contributed by atoms with Crippen LogP contribution < -0.4 is 11.1 Å². The molecule has 0 aliphatic heterocycles. The highest BCUT2D eigenvalue weighted by atomic mass is 16.1. The topological polar surface area (TPSA) is 55.1 Å². The standard InChI is InChI=1S/C16H18N2O/c1-11(2)12-5-9-15(10-6-12)18-16(19)13-3-7-14(17)8-4-13/h3-11H,17H2,1-2H3,(H,18,19). The van der Waals surface area contributed by atoms with Crippen LogP contribution in [-0.4, -0.2) is 5.91 Å². The molecule has 3 heteroatoms. The lowest BCUT2D eigenvalue weighted by molar-refractivity contribution is 0.102. The lowest BCUT2D eigenvalue weighted by atomic mass is 10.0. The predicted octanol–water partition coefficient (Wildman–Crippen LogP) is 3.64. The minimum Gasteiger partial charge on any atom is -0.399 e. The van der Waals surface area contributed by atoms with Crippen molar-refractivity contribution in [1.82, 2.24) is 0 Å². The lowest BCUT2D eigenvalue weighted by Crippen LogP contribution is -2.11. The van der Waals surface area contributed by atoms with Crippen molar-refractivity contribution >= 4 is 17.3 Å². The number of rotatable bonds is 3. The van der Waals surface area contributed by atoms with Gasteiger partial charge in [0, 0.05) is 16.9 Å². The van der Waals surface area contributed by atoms with Crippen LogP contribution in [0.2, 0.25) is 0 Å². The second-order valence-electron chi connectivity index (χ2n) is 4.85. The van der Waals surface area contributed by atoms with E-state index in [2.05, 4.69) is 19.2 Å². The minimum atomic E-state index is -0.128. The Morgan fingerprint density at radius 2 is 1.58 bits per heavy atom. The average Bonchev–Trinajstić information content (AvgIpc) is 2.40. The number of nitrogen functional groups attached to an aromatic ring is 1. The highest BCUT2D eigenvalue weighted by Gasteiger charge is 2.06. The van der Waals surface area contributed by atoms with Gasteiger partial charge in [-0.1, -0.05) is 26.0 Å². The third-order valence-corrected chi connectivity index (χ3v) is 3.01. The van der Waals surface area contributed by atoms with Crippen molar-refractivity contribution < 1.29 is 4.79 Å². The van der Waals surface area contributed by atoms with Gasteiger partial charge in [0.25, 0.3) is 5.91 Å². The van der Waals surface area contributed by atoms with Crippen molar-refractivity contribution in [3.05, 3.63) is 59.7 Å². The lowest BCUT2D eigenvalue weighted by Gasteiger charge is -2.08. The Morgan fingerprint density at radius 3 is 2.11 bits per heavy atom. The maximum atomic E-state index is 12.0. The smallest absolute Gasteiger partial charge is 0.255 e. The van der Waals surface area contributed by atoms with Gasteiger partial charge in [-0.05, 0) is 47.9 Å². The molecule has 2 aromatic carbocycles. The monoisotopic (exact) mass is 254 g/mol. The summed E-state index contributed by atoms with van der Waals surface area (Å²) in [6, 6.07) is 14.8. The second-order valence-corrected chi connectivity index (χ2v) is 4.85.